The summed E-state index contributed by atoms with van der Waals surface area (Å²) in [7, 11) is 2.23. The first-order chi connectivity index (χ1) is 12.2. The lowest BCUT2D eigenvalue weighted by Gasteiger charge is -2.37. The van der Waals surface area contributed by atoms with Crippen LogP contribution in [-0.4, -0.2) is 42.6 Å². The summed E-state index contributed by atoms with van der Waals surface area (Å²) in [6, 6.07) is 5.15. The highest BCUT2D eigenvalue weighted by Crippen LogP contribution is 2.36. The fourth-order valence-corrected chi connectivity index (χ4v) is 3.93. The number of hydrogen-bond acceptors (Lipinski definition) is 3. The highest BCUT2D eigenvalue weighted by atomic mass is 15.2. The number of aryl methyl sites for hydroxylation is 1. The summed E-state index contributed by atoms with van der Waals surface area (Å²) < 4.78 is 0. The highest BCUT2D eigenvalue weighted by molar-refractivity contribution is 5.83. The quantitative estimate of drug-likeness (QED) is 0.718. The monoisotopic (exact) mass is 339 g/mol. The second kappa shape index (κ2) is 8.18. The Bertz CT molecular complexity index is 651. The van der Waals surface area contributed by atoms with Crippen LogP contribution >= 0.6 is 0 Å². The van der Waals surface area contributed by atoms with Crippen LogP contribution in [0, 0.1) is 0 Å². The molecule has 0 N–H and O–H groups in total. The zero-order chi connectivity index (χ0) is 17.8. The molecule has 0 amide bonds. The summed E-state index contributed by atoms with van der Waals surface area (Å²) >= 11 is 0. The van der Waals surface area contributed by atoms with Crippen molar-refractivity contribution in [2.45, 2.75) is 58.9 Å². The minimum Gasteiger partial charge on any atom is -0.357 e. The number of hydrogen-bond donors (Lipinski definition) is 0. The van der Waals surface area contributed by atoms with E-state index in [9.17, 15) is 0 Å². The number of pyridine rings is 1. The molecule has 0 unspecified atom stereocenters. The second-order valence-corrected chi connectivity index (χ2v) is 7.34. The first kappa shape index (κ1) is 18.2. The third-order valence-electron chi connectivity index (χ3n) is 5.69. The standard InChI is InChI=1S/C22H33N3/c1-5-8-18-11-12-21(23-22(18)20(6-2)17-9-10-17)24(4)19-13-15-25(7-3)16-14-19/h6,9,11-12,19H,5,7-8,10,13-16H2,1-4H3/b20-6-. The van der Waals surface area contributed by atoms with E-state index in [0.29, 0.717) is 6.04 Å². The summed E-state index contributed by atoms with van der Waals surface area (Å²) in [5.74, 6) is 1.13. The van der Waals surface area contributed by atoms with Crippen LogP contribution in [0.2, 0.25) is 0 Å². The molecule has 3 heteroatoms. The van der Waals surface area contributed by atoms with Gasteiger partial charge in [0.1, 0.15) is 5.82 Å². The van der Waals surface area contributed by atoms with Gasteiger partial charge in [-0.2, -0.15) is 0 Å². The van der Waals surface area contributed by atoms with Crippen molar-refractivity contribution in [3.8, 4) is 0 Å². The van der Waals surface area contributed by atoms with Gasteiger partial charge in [0.05, 0.1) is 5.69 Å². The average molecular weight is 340 g/mol. The Morgan fingerprint density at radius 3 is 2.56 bits per heavy atom. The molecule has 0 radical (unpaired) electrons. The molecule has 136 valence electrons. The van der Waals surface area contributed by atoms with Gasteiger partial charge in [-0.15, -0.1) is 0 Å². The molecule has 2 heterocycles. The summed E-state index contributed by atoms with van der Waals surface area (Å²) in [6.45, 7) is 10.2. The molecule has 1 aliphatic heterocycles. The van der Waals surface area contributed by atoms with Crippen molar-refractivity contribution in [2.75, 3.05) is 31.6 Å². The molecule has 1 fully saturated rings. The van der Waals surface area contributed by atoms with Gasteiger partial charge in [-0.3, -0.25) is 0 Å². The van der Waals surface area contributed by atoms with E-state index in [1.54, 1.807) is 0 Å². The van der Waals surface area contributed by atoms with Gasteiger partial charge in [-0.25, -0.2) is 4.98 Å². The van der Waals surface area contributed by atoms with Crippen LogP contribution in [0.3, 0.4) is 0 Å². The number of anilines is 1. The van der Waals surface area contributed by atoms with E-state index in [-0.39, 0.29) is 0 Å². The maximum absolute atomic E-state index is 5.14. The first-order valence-electron chi connectivity index (χ1n) is 9.99. The van der Waals surface area contributed by atoms with Gasteiger partial charge >= 0.3 is 0 Å². The van der Waals surface area contributed by atoms with E-state index >= 15 is 0 Å². The van der Waals surface area contributed by atoms with E-state index in [1.807, 2.05) is 0 Å². The van der Waals surface area contributed by atoms with Crippen LogP contribution in [0.5, 0.6) is 0 Å². The van der Waals surface area contributed by atoms with Gasteiger partial charge in [0.2, 0.25) is 0 Å². The van der Waals surface area contributed by atoms with Crippen LogP contribution in [-0.2, 0) is 6.42 Å². The lowest BCUT2D eigenvalue weighted by Crippen LogP contribution is -2.43. The van der Waals surface area contributed by atoms with E-state index in [0.717, 1.165) is 25.1 Å². The van der Waals surface area contributed by atoms with Gasteiger partial charge in [0.25, 0.3) is 0 Å². The topological polar surface area (TPSA) is 19.4 Å². The molecule has 1 aromatic rings. The lowest BCUT2D eigenvalue weighted by atomic mass is 9.99. The van der Waals surface area contributed by atoms with Crippen molar-refractivity contribution < 1.29 is 0 Å². The highest BCUT2D eigenvalue weighted by Gasteiger charge is 2.24. The van der Waals surface area contributed by atoms with Crippen LogP contribution in [0.4, 0.5) is 5.82 Å². The van der Waals surface area contributed by atoms with Gasteiger partial charge in [0.15, 0.2) is 0 Å². The minimum atomic E-state index is 0.606. The van der Waals surface area contributed by atoms with E-state index in [2.05, 4.69) is 61.9 Å². The number of allylic oxidation sites excluding steroid dienone is 4. The molecule has 0 aromatic carbocycles. The van der Waals surface area contributed by atoms with E-state index in [4.69, 9.17) is 4.98 Å². The smallest absolute Gasteiger partial charge is 0.129 e. The number of nitrogens with zero attached hydrogens (tertiary/aromatic N) is 3. The number of aromatic nitrogens is 1. The minimum absolute atomic E-state index is 0.606. The molecule has 25 heavy (non-hydrogen) atoms. The molecule has 0 atom stereocenters. The van der Waals surface area contributed by atoms with Crippen molar-refractivity contribution in [3.63, 3.8) is 0 Å². The maximum Gasteiger partial charge on any atom is 0.129 e. The van der Waals surface area contributed by atoms with Crippen LogP contribution in [0.1, 0.15) is 57.7 Å². The largest absolute Gasteiger partial charge is 0.357 e. The van der Waals surface area contributed by atoms with E-state index < -0.39 is 0 Å². The normalized spacial score (nSPS) is 19.0. The van der Waals surface area contributed by atoms with Crippen molar-refractivity contribution in [2.24, 2.45) is 0 Å². The predicted molar refractivity (Wildman–Crippen MR) is 108 cm³/mol. The molecule has 0 spiro atoms. The SMILES string of the molecule is C/C=C(/C1=CC1)c1nc(N(C)C2CCN(CC)CC2)ccc1CCC. The van der Waals surface area contributed by atoms with Gasteiger partial charge < -0.3 is 9.80 Å². The Hall–Kier alpha value is -1.61. The molecule has 0 saturated carbocycles. The molecule has 3 nitrogen and oxygen atoms in total. The number of piperidine rings is 1. The predicted octanol–water partition coefficient (Wildman–Crippen LogP) is 4.69. The number of rotatable bonds is 7. The fraction of sp³-hybridized carbons (Fsp3) is 0.591. The van der Waals surface area contributed by atoms with Crippen LogP contribution in [0.15, 0.2) is 29.9 Å². The van der Waals surface area contributed by atoms with Crippen molar-refractivity contribution in [1.82, 2.24) is 9.88 Å². The third kappa shape index (κ3) is 4.14. The van der Waals surface area contributed by atoms with Crippen molar-refractivity contribution in [1.29, 1.82) is 0 Å². The maximum atomic E-state index is 5.14. The van der Waals surface area contributed by atoms with Gasteiger partial charge in [0, 0.05) is 26.2 Å². The van der Waals surface area contributed by atoms with Gasteiger partial charge in [-0.05, 0) is 61.9 Å². The first-order valence-corrected chi connectivity index (χ1v) is 9.99. The van der Waals surface area contributed by atoms with Crippen molar-refractivity contribution in [3.05, 3.63) is 41.1 Å². The zero-order valence-electron chi connectivity index (χ0n) is 16.4. The molecule has 0 bridgehead atoms. The van der Waals surface area contributed by atoms with Crippen LogP contribution < -0.4 is 4.90 Å². The fourth-order valence-electron chi connectivity index (χ4n) is 3.93. The Labute approximate surface area is 153 Å². The molecule has 1 aliphatic carbocycles. The molecular formula is C22H33N3. The molecular weight excluding hydrogens is 306 g/mol. The molecule has 3 rings (SSSR count). The third-order valence-corrected chi connectivity index (χ3v) is 5.69. The second-order valence-electron chi connectivity index (χ2n) is 7.34. The van der Waals surface area contributed by atoms with Crippen LogP contribution in [0.25, 0.3) is 5.57 Å². The Kier molecular flexibility index (Phi) is 5.95. The average Bonchev–Trinajstić information content (AvgIpc) is 3.48. The summed E-state index contributed by atoms with van der Waals surface area (Å²) in [5.41, 5.74) is 5.41. The van der Waals surface area contributed by atoms with Crippen molar-refractivity contribution >= 4 is 11.4 Å². The molecule has 2 aliphatic rings. The van der Waals surface area contributed by atoms with Gasteiger partial charge in [-0.1, -0.05) is 38.5 Å². The number of likely N-dealkylation sites (tertiary alicyclic amines) is 1. The Morgan fingerprint density at radius 1 is 1.28 bits per heavy atom. The Balaban J connectivity index is 1.83. The summed E-state index contributed by atoms with van der Waals surface area (Å²) in [4.78, 5) is 10.1. The van der Waals surface area contributed by atoms with E-state index in [1.165, 1.54) is 54.9 Å². The summed E-state index contributed by atoms with van der Waals surface area (Å²) in [5, 5.41) is 0. The lowest BCUT2D eigenvalue weighted by molar-refractivity contribution is 0.220. The summed E-state index contributed by atoms with van der Waals surface area (Å²) in [6.07, 6.45) is 10.4. The molecule has 1 aromatic heterocycles. The molecule has 1 saturated heterocycles. The zero-order valence-corrected chi connectivity index (χ0v) is 16.4. The Morgan fingerprint density at radius 2 is 2.00 bits per heavy atom.